The van der Waals surface area contributed by atoms with E-state index in [0.29, 0.717) is 12.0 Å². The van der Waals surface area contributed by atoms with E-state index in [-0.39, 0.29) is 0 Å². The Labute approximate surface area is 101 Å². The number of nitrogens with one attached hydrogen (secondary N) is 1. The summed E-state index contributed by atoms with van der Waals surface area (Å²) in [6.45, 7) is 14.1. The molecule has 1 nitrogen and oxygen atoms in total. The van der Waals surface area contributed by atoms with Crippen molar-refractivity contribution in [1.82, 2.24) is 5.32 Å². The van der Waals surface area contributed by atoms with Gasteiger partial charge in [0.15, 0.2) is 0 Å². The molecule has 16 heavy (non-hydrogen) atoms. The van der Waals surface area contributed by atoms with Crippen LogP contribution >= 0.6 is 0 Å². The summed E-state index contributed by atoms with van der Waals surface area (Å²) in [5.41, 5.74) is 2.86. The molecule has 0 fully saturated rings. The second-order valence-corrected chi connectivity index (χ2v) is 4.72. The smallest absolute Gasteiger partial charge is 0.00102 e. The molecule has 1 heteroatoms. The number of aryl methyl sites for hydroxylation is 1. The zero-order valence-corrected chi connectivity index (χ0v) is 11.7. The normalized spacial score (nSPS) is 10.2. The molecule has 0 saturated carbocycles. The van der Waals surface area contributed by atoms with Crippen LogP contribution in [0, 0.1) is 6.92 Å². The Balaban J connectivity index is 0.000000325. The molecule has 1 rings (SSSR count). The van der Waals surface area contributed by atoms with Crippen LogP contribution in [0.1, 0.15) is 51.7 Å². The van der Waals surface area contributed by atoms with Gasteiger partial charge in [-0.25, -0.2) is 0 Å². The fourth-order valence-electron chi connectivity index (χ4n) is 1.64. The summed E-state index contributed by atoms with van der Waals surface area (Å²) >= 11 is 0. The zero-order valence-electron chi connectivity index (χ0n) is 11.7. The summed E-state index contributed by atoms with van der Waals surface area (Å²) in [6, 6.07) is 9.19. The maximum absolute atomic E-state index is 3.21. The van der Waals surface area contributed by atoms with Gasteiger partial charge >= 0.3 is 0 Å². The SMILES string of the molecule is CCNC(C)C.Cc1ccccc1C(C)C. The standard InChI is InChI=1S/C10H14.C5H13N/c1-8(2)10-7-5-4-6-9(10)3;1-4-6-5(2)3/h4-8H,1-3H3;5-6H,4H2,1-3H3. The van der Waals surface area contributed by atoms with Gasteiger partial charge in [0.2, 0.25) is 0 Å². The van der Waals surface area contributed by atoms with Gasteiger partial charge in [-0.1, -0.05) is 58.9 Å². The second kappa shape index (κ2) is 8.35. The Morgan fingerprint density at radius 1 is 1.06 bits per heavy atom. The molecule has 0 radical (unpaired) electrons. The van der Waals surface area contributed by atoms with Crippen LogP contribution in [0.2, 0.25) is 0 Å². The number of rotatable bonds is 3. The molecule has 1 N–H and O–H groups in total. The lowest BCUT2D eigenvalue weighted by atomic mass is 9.99. The predicted molar refractivity (Wildman–Crippen MR) is 74.1 cm³/mol. The largest absolute Gasteiger partial charge is 0.315 e. The summed E-state index contributed by atoms with van der Waals surface area (Å²) < 4.78 is 0. The van der Waals surface area contributed by atoms with E-state index in [0.717, 1.165) is 6.54 Å². The van der Waals surface area contributed by atoms with Crippen molar-refractivity contribution in [3.05, 3.63) is 35.4 Å². The van der Waals surface area contributed by atoms with E-state index < -0.39 is 0 Å². The first kappa shape index (κ1) is 15.2. The molecule has 1 aromatic carbocycles. The Morgan fingerprint density at radius 3 is 1.88 bits per heavy atom. The first-order valence-corrected chi connectivity index (χ1v) is 6.27. The maximum Gasteiger partial charge on any atom is 0.00102 e. The summed E-state index contributed by atoms with van der Waals surface area (Å²) in [5, 5.41) is 3.21. The highest BCUT2D eigenvalue weighted by Crippen LogP contribution is 2.17. The van der Waals surface area contributed by atoms with Gasteiger partial charge in [-0.3, -0.25) is 0 Å². The van der Waals surface area contributed by atoms with Crippen LogP contribution in [0.4, 0.5) is 0 Å². The minimum atomic E-state index is 0.648. The van der Waals surface area contributed by atoms with E-state index in [2.05, 4.69) is 71.1 Å². The van der Waals surface area contributed by atoms with E-state index in [1.54, 1.807) is 0 Å². The van der Waals surface area contributed by atoms with Crippen molar-refractivity contribution >= 4 is 0 Å². The van der Waals surface area contributed by atoms with E-state index in [1.807, 2.05) is 0 Å². The van der Waals surface area contributed by atoms with E-state index in [4.69, 9.17) is 0 Å². The third-order valence-electron chi connectivity index (χ3n) is 2.42. The third-order valence-corrected chi connectivity index (χ3v) is 2.42. The van der Waals surface area contributed by atoms with Crippen LogP contribution in [0.15, 0.2) is 24.3 Å². The molecule has 0 aliphatic carbocycles. The monoisotopic (exact) mass is 221 g/mol. The van der Waals surface area contributed by atoms with Crippen molar-refractivity contribution in [2.24, 2.45) is 0 Å². The summed E-state index contributed by atoms with van der Waals surface area (Å²) in [6.07, 6.45) is 0. The third kappa shape index (κ3) is 6.62. The highest BCUT2D eigenvalue weighted by atomic mass is 14.9. The fraction of sp³-hybridized carbons (Fsp3) is 0.600. The molecule has 0 aliphatic heterocycles. The molecule has 0 unspecified atom stereocenters. The van der Waals surface area contributed by atoms with Crippen LogP contribution in [-0.4, -0.2) is 12.6 Å². The van der Waals surface area contributed by atoms with E-state index in [1.165, 1.54) is 11.1 Å². The van der Waals surface area contributed by atoms with Gasteiger partial charge in [-0.2, -0.15) is 0 Å². The van der Waals surface area contributed by atoms with Gasteiger partial charge in [-0.05, 0) is 30.5 Å². The van der Waals surface area contributed by atoms with Gasteiger partial charge in [0.1, 0.15) is 0 Å². The van der Waals surface area contributed by atoms with Crippen LogP contribution in [0.25, 0.3) is 0 Å². The van der Waals surface area contributed by atoms with Crippen molar-refractivity contribution in [2.45, 2.75) is 53.5 Å². The van der Waals surface area contributed by atoms with Crippen LogP contribution in [0.3, 0.4) is 0 Å². The van der Waals surface area contributed by atoms with E-state index >= 15 is 0 Å². The molecular formula is C15H27N. The fourth-order valence-corrected chi connectivity index (χ4v) is 1.64. The second-order valence-electron chi connectivity index (χ2n) is 4.72. The molecule has 0 heterocycles. The molecule has 0 amide bonds. The Morgan fingerprint density at radius 2 is 1.62 bits per heavy atom. The van der Waals surface area contributed by atoms with Gasteiger partial charge in [0.25, 0.3) is 0 Å². The van der Waals surface area contributed by atoms with Gasteiger partial charge in [0, 0.05) is 6.04 Å². The Kier molecular flexibility index (Phi) is 7.92. The molecule has 0 aromatic heterocycles. The lowest BCUT2D eigenvalue weighted by Crippen LogP contribution is -2.21. The average Bonchev–Trinajstić information content (AvgIpc) is 2.18. The predicted octanol–water partition coefficient (Wildman–Crippen LogP) is 4.12. The van der Waals surface area contributed by atoms with Crippen molar-refractivity contribution in [1.29, 1.82) is 0 Å². The molecule has 0 atom stereocenters. The summed E-state index contributed by atoms with van der Waals surface area (Å²) in [7, 11) is 0. The lowest BCUT2D eigenvalue weighted by molar-refractivity contribution is 0.613. The number of hydrogen-bond acceptors (Lipinski definition) is 1. The highest BCUT2D eigenvalue weighted by Gasteiger charge is 1.99. The van der Waals surface area contributed by atoms with Crippen molar-refractivity contribution in [3.63, 3.8) is 0 Å². The number of hydrogen-bond donors (Lipinski definition) is 1. The van der Waals surface area contributed by atoms with Crippen molar-refractivity contribution in [2.75, 3.05) is 6.54 Å². The van der Waals surface area contributed by atoms with Crippen molar-refractivity contribution in [3.8, 4) is 0 Å². The minimum absolute atomic E-state index is 0.648. The molecule has 0 bridgehead atoms. The summed E-state index contributed by atoms with van der Waals surface area (Å²) in [5.74, 6) is 0.654. The van der Waals surface area contributed by atoms with Crippen LogP contribution < -0.4 is 5.32 Å². The van der Waals surface area contributed by atoms with Gasteiger partial charge in [0.05, 0.1) is 0 Å². The summed E-state index contributed by atoms with van der Waals surface area (Å²) in [4.78, 5) is 0. The molecule has 1 aromatic rings. The first-order chi connectivity index (χ1) is 7.49. The van der Waals surface area contributed by atoms with Crippen LogP contribution in [-0.2, 0) is 0 Å². The highest BCUT2D eigenvalue weighted by molar-refractivity contribution is 5.27. The first-order valence-electron chi connectivity index (χ1n) is 6.27. The van der Waals surface area contributed by atoms with E-state index in [9.17, 15) is 0 Å². The molecule has 0 saturated heterocycles. The van der Waals surface area contributed by atoms with Gasteiger partial charge in [-0.15, -0.1) is 0 Å². The molecule has 0 aliphatic rings. The quantitative estimate of drug-likeness (QED) is 0.809. The Hall–Kier alpha value is -0.820. The zero-order chi connectivity index (χ0) is 12.6. The minimum Gasteiger partial charge on any atom is -0.315 e. The molecule has 0 spiro atoms. The molecule has 92 valence electrons. The molecular weight excluding hydrogens is 194 g/mol. The Bertz CT molecular complexity index is 277. The van der Waals surface area contributed by atoms with Crippen LogP contribution in [0.5, 0.6) is 0 Å². The lowest BCUT2D eigenvalue weighted by Gasteiger charge is -2.07. The topological polar surface area (TPSA) is 12.0 Å². The van der Waals surface area contributed by atoms with Gasteiger partial charge < -0.3 is 5.32 Å². The van der Waals surface area contributed by atoms with Crippen molar-refractivity contribution < 1.29 is 0 Å². The average molecular weight is 221 g/mol. The number of benzene rings is 1. The maximum atomic E-state index is 3.21.